The minimum absolute atomic E-state index is 0.169. The molecule has 0 spiro atoms. The first kappa shape index (κ1) is 14.7. The Hall–Kier alpha value is -2.27. The third-order valence-corrected chi connectivity index (χ3v) is 3.90. The molecule has 0 saturated heterocycles. The van der Waals surface area contributed by atoms with Gasteiger partial charge in [-0.2, -0.15) is 0 Å². The number of ether oxygens (including phenoxy) is 2. The zero-order valence-electron chi connectivity index (χ0n) is 12.0. The lowest BCUT2D eigenvalue weighted by Gasteiger charge is -2.14. The standard InChI is InChI=1S/C16H15ClN2O3/c1-21-16(20)14-11(17)3-2-4-12(14)22-13-8-19-7-10(15(13)18)9-5-6-9/h2-4,7-9H,5-6H2,1H3,(H2,18,19). The van der Waals surface area contributed by atoms with Crippen molar-refractivity contribution in [3.05, 3.63) is 46.7 Å². The first-order chi connectivity index (χ1) is 10.6. The summed E-state index contributed by atoms with van der Waals surface area (Å²) in [6.45, 7) is 0. The number of hydrogen-bond acceptors (Lipinski definition) is 5. The van der Waals surface area contributed by atoms with Gasteiger partial charge in [-0.05, 0) is 30.9 Å². The Morgan fingerprint density at radius 1 is 1.32 bits per heavy atom. The highest BCUT2D eigenvalue weighted by atomic mass is 35.5. The Balaban J connectivity index is 1.99. The number of methoxy groups -OCH3 is 1. The fraction of sp³-hybridized carbons (Fsp3) is 0.250. The van der Waals surface area contributed by atoms with Crippen molar-refractivity contribution in [3.63, 3.8) is 0 Å². The van der Waals surface area contributed by atoms with Crippen molar-refractivity contribution < 1.29 is 14.3 Å². The van der Waals surface area contributed by atoms with Gasteiger partial charge in [-0.15, -0.1) is 0 Å². The summed E-state index contributed by atoms with van der Waals surface area (Å²) >= 11 is 6.07. The molecule has 1 heterocycles. The molecule has 114 valence electrons. The zero-order chi connectivity index (χ0) is 15.7. The van der Waals surface area contributed by atoms with Crippen LogP contribution in [-0.2, 0) is 4.74 Å². The fourth-order valence-electron chi connectivity index (χ4n) is 2.28. The minimum atomic E-state index is -0.564. The lowest BCUT2D eigenvalue weighted by Crippen LogP contribution is -2.06. The molecular weight excluding hydrogens is 304 g/mol. The summed E-state index contributed by atoms with van der Waals surface area (Å²) in [5.41, 5.74) is 7.86. The van der Waals surface area contributed by atoms with Crippen LogP contribution in [0, 0.1) is 0 Å². The maximum Gasteiger partial charge on any atom is 0.343 e. The normalized spacial score (nSPS) is 13.7. The monoisotopic (exact) mass is 318 g/mol. The SMILES string of the molecule is COC(=O)c1c(Cl)cccc1Oc1cncc(C2CC2)c1N. The highest BCUT2D eigenvalue weighted by Crippen LogP contribution is 2.45. The Labute approximate surface area is 133 Å². The molecule has 0 bridgehead atoms. The van der Waals surface area contributed by atoms with Crippen LogP contribution in [0.5, 0.6) is 11.5 Å². The van der Waals surface area contributed by atoms with E-state index in [1.807, 2.05) is 0 Å². The number of nitrogens with two attached hydrogens (primary N) is 1. The van der Waals surface area contributed by atoms with E-state index in [0.717, 1.165) is 18.4 Å². The summed E-state index contributed by atoms with van der Waals surface area (Å²) in [6.07, 6.45) is 5.52. The van der Waals surface area contributed by atoms with Gasteiger partial charge in [0.1, 0.15) is 11.3 Å². The molecule has 2 N–H and O–H groups in total. The van der Waals surface area contributed by atoms with E-state index in [4.69, 9.17) is 26.8 Å². The Morgan fingerprint density at radius 3 is 2.77 bits per heavy atom. The minimum Gasteiger partial charge on any atom is -0.465 e. The van der Waals surface area contributed by atoms with Crippen LogP contribution in [0.15, 0.2) is 30.6 Å². The van der Waals surface area contributed by atoms with Crippen LogP contribution in [0.3, 0.4) is 0 Å². The predicted molar refractivity (Wildman–Crippen MR) is 83.5 cm³/mol. The summed E-state index contributed by atoms with van der Waals surface area (Å²) in [5.74, 6) is 0.596. The maximum atomic E-state index is 11.9. The van der Waals surface area contributed by atoms with E-state index in [0.29, 0.717) is 23.1 Å². The van der Waals surface area contributed by atoms with E-state index in [1.165, 1.54) is 13.3 Å². The van der Waals surface area contributed by atoms with Gasteiger partial charge in [0.15, 0.2) is 5.75 Å². The number of benzene rings is 1. The van der Waals surface area contributed by atoms with Gasteiger partial charge in [-0.1, -0.05) is 17.7 Å². The highest BCUT2D eigenvalue weighted by Gasteiger charge is 2.27. The molecule has 1 aromatic carbocycles. The van der Waals surface area contributed by atoms with Crippen LogP contribution in [0.1, 0.15) is 34.7 Å². The number of rotatable bonds is 4. The van der Waals surface area contributed by atoms with Gasteiger partial charge >= 0.3 is 5.97 Å². The van der Waals surface area contributed by atoms with Crippen molar-refractivity contribution >= 4 is 23.3 Å². The third kappa shape index (κ3) is 2.72. The van der Waals surface area contributed by atoms with Gasteiger partial charge in [0.25, 0.3) is 0 Å². The maximum absolute atomic E-state index is 11.9. The van der Waals surface area contributed by atoms with E-state index in [-0.39, 0.29) is 10.6 Å². The number of aromatic nitrogens is 1. The number of anilines is 1. The third-order valence-electron chi connectivity index (χ3n) is 3.58. The van der Waals surface area contributed by atoms with Crippen LogP contribution in [0.25, 0.3) is 0 Å². The molecule has 1 aliphatic carbocycles. The number of hydrogen-bond donors (Lipinski definition) is 1. The predicted octanol–water partition coefficient (Wildman–Crippen LogP) is 3.77. The largest absolute Gasteiger partial charge is 0.465 e. The van der Waals surface area contributed by atoms with Gasteiger partial charge in [-0.3, -0.25) is 4.98 Å². The van der Waals surface area contributed by atoms with Crippen molar-refractivity contribution in [1.29, 1.82) is 0 Å². The zero-order valence-corrected chi connectivity index (χ0v) is 12.8. The second kappa shape index (κ2) is 5.85. The summed E-state index contributed by atoms with van der Waals surface area (Å²) in [6, 6.07) is 4.93. The number of nitrogens with zero attached hydrogens (tertiary/aromatic N) is 1. The number of nitrogen functional groups attached to an aromatic ring is 1. The lowest BCUT2D eigenvalue weighted by molar-refractivity contribution is 0.0598. The smallest absolute Gasteiger partial charge is 0.343 e. The molecule has 0 aliphatic heterocycles. The molecule has 0 atom stereocenters. The molecule has 6 heteroatoms. The van der Waals surface area contributed by atoms with Gasteiger partial charge in [0.2, 0.25) is 0 Å². The van der Waals surface area contributed by atoms with Crippen molar-refractivity contribution in [2.45, 2.75) is 18.8 Å². The van der Waals surface area contributed by atoms with Crippen LogP contribution in [0.4, 0.5) is 5.69 Å². The van der Waals surface area contributed by atoms with Gasteiger partial charge < -0.3 is 15.2 Å². The van der Waals surface area contributed by atoms with Gasteiger partial charge in [-0.25, -0.2) is 4.79 Å². The molecule has 2 aromatic rings. The number of esters is 1. The van der Waals surface area contributed by atoms with Crippen molar-refractivity contribution in [3.8, 4) is 11.5 Å². The Kier molecular flexibility index (Phi) is 3.90. The van der Waals surface area contributed by atoms with Crippen molar-refractivity contribution in [1.82, 2.24) is 4.98 Å². The van der Waals surface area contributed by atoms with Gasteiger partial charge in [0.05, 0.1) is 24.0 Å². The molecule has 1 aliphatic rings. The van der Waals surface area contributed by atoms with Crippen LogP contribution < -0.4 is 10.5 Å². The number of pyridine rings is 1. The summed E-state index contributed by atoms with van der Waals surface area (Å²) in [5, 5.41) is 0.259. The Morgan fingerprint density at radius 2 is 2.09 bits per heavy atom. The molecule has 1 saturated carbocycles. The van der Waals surface area contributed by atoms with Gasteiger partial charge in [0, 0.05) is 11.8 Å². The van der Waals surface area contributed by atoms with E-state index in [2.05, 4.69) is 4.98 Å². The second-order valence-electron chi connectivity index (χ2n) is 5.12. The first-order valence-corrected chi connectivity index (χ1v) is 7.27. The topological polar surface area (TPSA) is 74.4 Å². The number of carbonyl (C=O) groups excluding carboxylic acids is 1. The molecule has 0 radical (unpaired) electrons. The van der Waals surface area contributed by atoms with Crippen molar-refractivity contribution in [2.75, 3.05) is 12.8 Å². The molecule has 0 amide bonds. The lowest BCUT2D eigenvalue weighted by atomic mass is 10.1. The highest BCUT2D eigenvalue weighted by molar-refractivity contribution is 6.34. The van der Waals surface area contributed by atoms with Crippen molar-refractivity contribution in [2.24, 2.45) is 0 Å². The molecule has 5 nitrogen and oxygen atoms in total. The van der Waals surface area contributed by atoms with E-state index in [1.54, 1.807) is 24.4 Å². The van der Waals surface area contributed by atoms with Crippen LogP contribution in [-0.4, -0.2) is 18.1 Å². The molecule has 1 aromatic heterocycles. The average Bonchev–Trinajstić information content (AvgIpc) is 3.33. The molecule has 22 heavy (non-hydrogen) atoms. The quantitative estimate of drug-likeness (QED) is 0.868. The average molecular weight is 319 g/mol. The molecular formula is C16H15ClN2O3. The fourth-order valence-corrected chi connectivity index (χ4v) is 2.52. The summed E-state index contributed by atoms with van der Waals surface area (Å²) in [4.78, 5) is 16.0. The molecule has 0 unspecified atom stereocenters. The number of carbonyl (C=O) groups is 1. The first-order valence-electron chi connectivity index (χ1n) is 6.90. The molecule has 1 fully saturated rings. The number of halogens is 1. The summed E-state index contributed by atoms with van der Waals surface area (Å²) < 4.78 is 10.5. The van der Waals surface area contributed by atoms with Crippen LogP contribution in [0.2, 0.25) is 5.02 Å². The Bertz CT molecular complexity index is 729. The van der Waals surface area contributed by atoms with E-state index < -0.39 is 5.97 Å². The van der Waals surface area contributed by atoms with Crippen LogP contribution >= 0.6 is 11.6 Å². The second-order valence-corrected chi connectivity index (χ2v) is 5.53. The van der Waals surface area contributed by atoms with E-state index >= 15 is 0 Å². The molecule has 3 rings (SSSR count). The van der Waals surface area contributed by atoms with E-state index in [9.17, 15) is 4.79 Å². The summed E-state index contributed by atoms with van der Waals surface area (Å²) in [7, 11) is 1.29.